The van der Waals surface area contributed by atoms with E-state index in [0.29, 0.717) is 37.4 Å². The quantitative estimate of drug-likeness (QED) is 0.342. The summed E-state index contributed by atoms with van der Waals surface area (Å²) in [6, 6.07) is 30.1. The van der Waals surface area contributed by atoms with Crippen molar-refractivity contribution in [2.75, 3.05) is 46.8 Å². The van der Waals surface area contributed by atoms with Gasteiger partial charge in [-0.2, -0.15) is 0 Å². The third-order valence-corrected chi connectivity index (χ3v) is 5.38. The fourth-order valence-corrected chi connectivity index (χ4v) is 2.93. The van der Waals surface area contributed by atoms with Crippen molar-refractivity contribution >= 4 is 0 Å². The maximum atomic E-state index is 5.40. The number of ether oxygens (including phenoxy) is 6. The number of benzene rings is 3. The summed E-state index contributed by atoms with van der Waals surface area (Å²) in [5.74, 6) is 2.50. The Bertz CT molecular complexity index is 888. The summed E-state index contributed by atoms with van der Waals surface area (Å²) in [7, 11) is 1.68. The van der Waals surface area contributed by atoms with E-state index in [0.717, 1.165) is 37.9 Å². The maximum absolute atomic E-state index is 5.40. The van der Waals surface area contributed by atoms with Gasteiger partial charge < -0.3 is 28.4 Å². The van der Waals surface area contributed by atoms with Crippen molar-refractivity contribution in [3.8, 4) is 11.5 Å². The van der Waals surface area contributed by atoms with Crippen LogP contribution in [0.4, 0.5) is 0 Å². The molecule has 3 aromatic rings. The number of para-hydroxylation sites is 2. The fourth-order valence-electron chi connectivity index (χ4n) is 2.93. The van der Waals surface area contributed by atoms with Gasteiger partial charge in [-0.1, -0.05) is 80.6 Å². The van der Waals surface area contributed by atoms with Crippen LogP contribution < -0.4 is 9.47 Å². The van der Waals surface area contributed by atoms with E-state index in [1.165, 1.54) is 5.56 Å². The molecule has 0 spiro atoms. The molecule has 0 saturated carbocycles. The second kappa shape index (κ2) is 16.8. The second-order valence-electron chi connectivity index (χ2n) is 9.13. The van der Waals surface area contributed by atoms with E-state index in [-0.39, 0.29) is 0 Å². The number of epoxide rings is 3. The van der Waals surface area contributed by atoms with E-state index in [1.807, 2.05) is 66.7 Å². The van der Waals surface area contributed by atoms with Crippen LogP contribution in [-0.2, 0) is 18.9 Å². The molecule has 0 aromatic heterocycles. The van der Waals surface area contributed by atoms with E-state index in [1.54, 1.807) is 7.11 Å². The number of methoxy groups -OCH3 is 1. The molecule has 6 rings (SSSR count). The molecule has 3 fully saturated rings. The molecule has 3 saturated heterocycles. The van der Waals surface area contributed by atoms with Crippen LogP contribution in [0.25, 0.3) is 0 Å². The summed E-state index contributed by atoms with van der Waals surface area (Å²) >= 11 is 0. The zero-order valence-electron chi connectivity index (χ0n) is 22.2. The lowest BCUT2D eigenvalue weighted by atomic mass is 10.0. The molecule has 6 nitrogen and oxygen atoms in total. The van der Waals surface area contributed by atoms with Crippen LogP contribution in [0.2, 0.25) is 0 Å². The molecule has 3 aliphatic rings. The third-order valence-electron chi connectivity index (χ3n) is 5.38. The molecule has 0 bridgehead atoms. The Balaban J connectivity index is 0.000000140. The van der Waals surface area contributed by atoms with Gasteiger partial charge >= 0.3 is 0 Å². The molecule has 37 heavy (non-hydrogen) atoms. The molecule has 0 aliphatic carbocycles. The van der Waals surface area contributed by atoms with Gasteiger partial charge in [0.2, 0.25) is 0 Å². The van der Waals surface area contributed by atoms with Crippen LogP contribution in [0, 0.1) is 0 Å². The molecule has 3 atom stereocenters. The van der Waals surface area contributed by atoms with Crippen LogP contribution in [0.3, 0.4) is 0 Å². The Kier molecular flexibility index (Phi) is 13.0. The van der Waals surface area contributed by atoms with Gasteiger partial charge in [0.05, 0.1) is 26.4 Å². The predicted octanol–water partition coefficient (Wildman–Crippen LogP) is 5.77. The van der Waals surface area contributed by atoms with Crippen molar-refractivity contribution in [2.45, 2.75) is 38.1 Å². The molecule has 0 amide bonds. The van der Waals surface area contributed by atoms with Gasteiger partial charge in [-0.05, 0) is 35.7 Å². The largest absolute Gasteiger partial charge is 0.491 e. The fraction of sp³-hybridized carbons (Fsp3) is 0.419. The summed E-state index contributed by atoms with van der Waals surface area (Å²) in [6.45, 7) is 9.15. The summed E-state index contributed by atoms with van der Waals surface area (Å²) in [6.07, 6.45) is 1.11. The lowest BCUT2D eigenvalue weighted by Crippen LogP contribution is -2.03. The van der Waals surface area contributed by atoms with Gasteiger partial charge in [0.25, 0.3) is 0 Å². The van der Waals surface area contributed by atoms with Gasteiger partial charge in [0, 0.05) is 7.11 Å². The van der Waals surface area contributed by atoms with Crippen LogP contribution in [0.15, 0.2) is 91.0 Å². The molecule has 200 valence electrons. The SMILES string of the molecule is CC(C)c1ccccc1.COCC1CO1.c1ccc(OCC2CO2)cc1.c1ccc(OCC2CO2)cc1. The maximum Gasteiger partial charge on any atom is 0.119 e. The van der Waals surface area contributed by atoms with Gasteiger partial charge in [-0.3, -0.25) is 0 Å². The van der Waals surface area contributed by atoms with E-state index < -0.39 is 0 Å². The Morgan fingerprint density at radius 1 is 0.595 bits per heavy atom. The van der Waals surface area contributed by atoms with E-state index in [4.69, 9.17) is 28.4 Å². The summed E-state index contributed by atoms with van der Waals surface area (Å²) in [5.41, 5.74) is 1.41. The molecule has 6 heteroatoms. The number of rotatable bonds is 9. The first kappa shape index (κ1) is 28.7. The Morgan fingerprint density at radius 3 is 1.22 bits per heavy atom. The smallest absolute Gasteiger partial charge is 0.119 e. The average Bonchev–Trinajstić information content (AvgIpc) is 3.78. The minimum absolute atomic E-state index is 0.343. The third kappa shape index (κ3) is 14.4. The zero-order valence-corrected chi connectivity index (χ0v) is 22.2. The number of hydrogen-bond acceptors (Lipinski definition) is 6. The van der Waals surface area contributed by atoms with Crippen LogP contribution in [0.1, 0.15) is 25.3 Å². The Hall–Kier alpha value is -2.90. The van der Waals surface area contributed by atoms with Crippen molar-refractivity contribution in [3.63, 3.8) is 0 Å². The predicted molar refractivity (Wildman–Crippen MR) is 146 cm³/mol. The van der Waals surface area contributed by atoms with Crippen molar-refractivity contribution in [1.82, 2.24) is 0 Å². The highest BCUT2D eigenvalue weighted by atomic mass is 16.6. The van der Waals surface area contributed by atoms with E-state index >= 15 is 0 Å². The first-order valence-electron chi connectivity index (χ1n) is 12.9. The van der Waals surface area contributed by atoms with Crippen LogP contribution in [-0.4, -0.2) is 65.1 Å². The van der Waals surface area contributed by atoms with Gasteiger partial charge in [0.1, 0.15) is 43.0 Å². The first-order chi connectivity index (χ1) is 18.1. The summed E-state index contributed by atoms with van der Waals surface area (Å²) in [4.78, 5) is 0. The van der Waals surface area contributed by atoms with Gasteiger partial charge in [0.15, 0.2) is 0 Å². The van der Waals surface area contributed by atoms with Crippen molar-refractivity contribution in [2.24, 2.45) is 0 Å². The summed E-state index contributed by atoms with van der Waals surface area (Å²) in [5, 5.41) is 0. The normalized spacial score (nSPS) is 20.1. The minimum Gasteiger partial charge on any atom is -0.491 e. The average molecular weight is 509 g/mol. The highest BCUT2D eigenvalue weighted by molar-refractivity contribution is 5.21. The van der Waals surface area contributed by atoms with Crippen molar-refractivity contribution in [1.29, 1.82) is 0 Å². The molecular formula is C31H40O6. The monoisotopic (exact) mass is 508 g/mol. The standard InChI is InChI=1S/2C9H10O2.C9H12.C4H8O2/c2*1-2-4-8(5-3-1)10-6-9-7-11-9;1-8(2)9-6-4-3-5-7-9;1-5-2-4-3-6-4/h2*1-5,9H,6-7H2;3-8H,1-2H3;4H,2-3H2,1H3. The van der Waals surface area contributed by atoms with E-state index in [9.17, 15) is 0 Å². The second-order valence-corrected chi connectivity index (χ2v) is 9.13. The highest BCUT2D eigenvalue weighted by Gasteiger charge is 2.23. The van der Waals surface area contributed by atoms with Crippen LogP contribution in [0.5, 0.6) is 11.5 Å². The van der Waals surface area contributed by atoms with Gasteiger partial charge in [-0.15, -0.1) is 0 Å². The lowest BCUT2D eigenvalue weighted by molar-refractivity contribution is 0.171. The Morgan fingerprint density at radius 2 is 0.946 bits per heavy atom. The topological polar surface area (TPSA) is 65.3 Å². The molecule has 3 heterocycles. The zero-order chi connectivity index (χ0) is 26.1. The number of hydrogen-bond donors (Lipinski definition) is 0. The summed E-state index contributed by atoms with van der Waals surface area (Å²) < 4.78 is 30.4. The van der Waals surface area contributed by atoms with Crippen molar-refractivity contribution in [3.05, 3.63) is 96.6 Å². The van der Waals surface area contributed by atoms with Crippen LogP contribution >= 0.6 is 0 Å². The molecule has 3 aliphatic heterocycles. The van der Waals surface area contributed by atoms with E-state index in [2.05, 4.69) is 38.1 Å². The Labute approximate surface area is 221 Å². The molecule has 0 radical (unpaired) electrons. The first-order valence-corrected chi connectivity index (χ1v) is 12.9. The minimum atomic E-state index is 0.343. The molecular weight excluding hydrogens is 468 g/mol. The molecule has 0 N–H and O–H groups in total. The van der Waals surface area contributed by atoms with Gasteiger partial charge in [-0.25, -0.2) is 0 Å². The molecule has 3 aromatic carbocycles. The lowest BCUT2D eigenvalue weighted by Gasteiger charge is -2.01. The molecule has 3 unspecified atom stereocenters. The highest BCUT2D eigenvalue weighted by Crippen LogP contribution is 2.15. The van der Waals surface area contributed by atoms with Crippen molar-refractivity contribution < 1.29 is 28.4 Å².